The highest BCUT2D eigenvalue weighted by Crippen LogP contribution is 2.21. The van der Waals surface area contributed by atoms with E-state index >= 15 is 0 Å². The molecule has 0 aliphatic carbocycles. The van der Waals surface area contributed by atoms with Gasteiger partial charge in [-0.15, -0.1) is 0 Å². The van der Waals surface area contributed by atoms with Crippen molar-refractivity contribution in [2.75, 3.05) is 19.7 Å². The highest BCUT2D eigenvalue weighted by Gasteiger charge is 2.26. The maximum atomic E-state index is 13.6. The van der Waals surface area contributed by atoms with Crippen LogP contribution in [0.3, 0.4) is 0 Å². The third-order valence-corrected chi connectivity index (χ3v) is 3.02. The number of benzene rings is 1. The van der Waals surface area contributed by atoms with Crippen molar-refractivity contribution in [1.29, 1.82) is 0 Å². The lowest BCUT2D eigenvalue weighted by molar-refractivity contribution is -0.0125. The minimum absolute atomic E-state index is 0.0294. The van der Waals surface area contributed by atoms with Gasteiger partial charge in [-0.1, -0.05) is 17.7 Å². The van der Waals surface area contributed by atoms with Gasteiger partial charge in [0.05, 0.1) is 23.3 Å². The lowest BCUT2D eigenvalue weighted by Crippen LogP contribution is -2.44. The zero-order chi connectivity index (χ0) is 12.4. The maximum absolute atomic E-state index is 13.6. The van der Waals surface area contributed by atoms with E-state index in [9.17, 15) is 9.18 Å². The molecule has 1 fully saturated rings. The lowest BCUT2D eigenvalue weighted by Gasteiger charge is -2.31. The van der Waals surface area contributed by atoms with Gasteiger partial charge in [0.1, 0.15) is 5.82 Å². The van der Waals surface area contributed by atoms with Gasteiger partial charge in [-0.3, -0.25) is 4.79 Å². The molecule has 1 aromatic carbocycles. The fourth-order valence-corrected chi connectivity index (χ4v) is 2.11. The average Bonchev–Trinajstić information content (AvgIpc) is 2.28. The molecule has 1 saturated heterocycles. The molecule has 2 rings (SSSR count). The lowest BCUT2D eigenvalue weighted by atomic mass is 10.1. The van der Waals surface area contributed by atoms with Gasteiger partial charge in [0.15, 0.2) is 0 Å². The van der Waals surface area contributed by atoms with Gasteiger partial charge in [0, 0.05) is 13.1 Å². The third-order valence-electron chi connectivity index (χ3n) is 2.70. The molecule has 1 aromatic rings. The first-order valence-electron chi connectivity index (χ1n) is 5.44. The molecule has 1 aliphatic heterocycles. The number of hydrogen-bond donors (Lipinski definition) is 0. The van der Waals surface area contributed by atoms with Gasteiger partial charge in [-0.2, -0.15) is 0 Å². The normalized spacial score (nSPS) is 20.4. The monoisotopic (exact) mass is 257 g/mol. The van der Waals surface area contributed by atoms with Crippen LogP contribution in [0.5, 0.6) is 0 Å². The first kappa shape index (κ1) is 12.3. The van der Waals surface area contributed by atoms with Crippen LogP contribution < -0.4 is 0 Å². The maximum Gasteiger partial charge on any atom is 0.258 e. The van der Waals surface area contributed by atoms with Gasteiger partial charge >= 0.3 is 0 Å². The van der Waals surface area contributed by atoms with Crippen molar-refractivity contribution in [3.8, 4) is 0 Å². The van der Waals surface area contributed by atoms with Crippen molar-refractivity contribution in [2.45, 2.75) is 13.0 Å². The average molecular weight is 258 g/mol. The summed E-state index contributed by atoms with van der Waals surface area (Å²) in [6.45, 7) is 3.28. The standard InChI is InChI=1S/C12H13ClFNO2/c1-8-7-15(5-6-17-8)12(16)11-9(13)3-2-4-10(11)14/h2-4,8H,5-7H2,1H3/t8-/m0/s1. The second kappa shape index (κ2) is 5.02. The number of nitrogens with zero attached hydrogens (tertiary/aromatic N) is 1. The predicted octanol–water partition coefficient (Wildman–Crippen LogP) is 2.34. The fraction of sp³-hybridized carbons (Fsp3) is 0.417. The minimum Gasteiger partial charge on any atom is -0.375 e. The Morgan fingerprint density at radius 1 is 1.59 bits per heavy atom. The number of morpholine rings is 1. The molecule has 0 unspecified atom stereocenters. The molecule has 1 aliphatic rings. The van der Waals surface area contributed by atoms with Gasteiger partial charge in [0.2, 0.25) is 0 Å². The van der Waals surface area contributed by atoms with Crippen molar-refractivity contribution in [1.82, 2.24) is 4.90 Å². The fourth-order valence-electron chi connectivity index (χ4n) is 1.86. The number of carbonyl (C=O) groups is 1. The Morgan fingerprint density at radius 2 is 2.35 bits per heavy atom. The first-order valence-corrected chi connectivity index (χ1v) is 5.82. The van der Waals surface area contributed by atoms with Crippen LogP contribution in [0, 0.1) is 5.82 Å². The van der Waals surface area contributed by atoms with Gasteiger partial charge < -0.3 is 9.64 Å². The van der Waals surface area contributed by atoms with E-state index in [0.29, 0.717) is 19.7 Å². The van der Waals surface area contributed by atoms with Crippen LogP contribution in [0.2, 0.25) is 5.02 Å². The smallest absolute Gasteiger partial charge is 0.258 e. The second-order valence-corrected chi connectivity index (χ2v) is 4.44. The summed E-state index contributed by atoms with van der Waals surface area (Å²) in [6, 6.07) is 4.24. The van der Waals surface area contributed by atoms with Gasteiger partial charge in [-0.25, -0.2) is 4.39 Å². The molecular weight excluding hydrogens is 245 g/mol. The first-order chi connectivity index (χ1) is 8.09. The SMILES string of the molecule is C[C@H]1CN(C(=O)c2c(F)cccc2Cl)CCO1. The number of ether oxygens (including phenoxy) is 1. The summed E-state index contributed by atoms with van der Waals surface area (Å²) in [4.78, 5) is 13.7. The Kier molecular flexibility index (Phi) is 3.64. The highest BCUT2D eigenvalue weighted by molar-refractivity contribution is 6.33. The van der Waals surface area contributed by atoms with Gasteiger partial charge in [0.25, 0.3) is 5.91 Å². The second-order valence-electron chi connectivity index (χ2n) is 4.03. The van der Waals surface area contributed by atoms with E-state index < -0.39 is 5.82 Å². The number of rotatable bonds is 1. The van der Waals surface area contributed by atoms with E-state index in [1.54, 1.807) is 4.90 Å². The van der Waals surface area contributed by atoms with Crippen molar-refractivity contribution >= 4 is 17.5 Å². The van der Waals surface area contributed by atoms with Gasteiger partial charge in [-0.05, 0) is 19.1 Å². The van der Waals surface area contributed by atoms with Crippen LogP contribution in [0.1, 0.15) is 17.3 Å². The number of halogens is 2. The molecule has 1 atom stereocenters. The molecule has 0 bridgehead atoms. The van der Waals surface area contributed by atoms with Crippen LogP contribution >= 0.6 is 11.6 Å². The molecule has 0 saturated carbocycles. The molecule has 0 radical (unpaired) electrons. The van der Waals surface area contributed by atoms with Crippen LogP contribution in [0.25, 0.3) is 0 Å². The third kappa shape index (κ3) is 2.58. The van der Waals surface area contributed by atoms with Crippen LogP contribution in [-0.2, 0) is 4.74 Å². The van der Waals surface area contributed by atoms with E-state index in [2.05, 4.69) is 0 Å². The van der Waals surface area contributed by atoms with E-state index in [1.807, 2.05) is 6.92 Å². The summed E-state index contributed by atoms with van der Waals surface area (Å²) < 4.78 is 18.9. The summed E-state index contributed by atoms with van der Waals surface area (Å²) >= 11 is 5.86. The summed E-state index contributed by atoms with van der Waals surface area (Å²) in [7, 11) is 0. The summed E-state index contributed by atoms with van der Waals surface area (Å²) in [5.74, 6) is -0.954. The summed E-state index contributed by atoms with van der Waals surface area (Å²) in [6.07, 6.45) is -0.0294. The Labute approximate surface area is 104 Å². The molecule has 0 N–H and O–H groups in total. The van der Waals surface area contributed by atoms with E-state index in [-0.39, 0.29) is 22.6 Å². The zero-order valence-corrected chi connectivity index (χ0v) is 10.2. The number of carbonyl (C=O) groups excluding carboxylic acids is 1. The quantitative estimate of drug-likeness (QED) is 0.773. The molecule has 1 heterocycles. The topological polar surface area (TPSA) is 29.5 Å². The van der Waals surface area contributed by atoms with Crippen molar-refractivity contribution in [3.63, 3.8) is 0 Å². The minimum atomic E-state index is -0.582. The Hall–Kier alpha value is -1.13. The van der Waals surface area contributed by atoms with Crippen molar-refractivity contribution < 1.29 is 13.9 Å². The summed E-state index contributed by atoms with van der Waals surface area (Å²) in [5, 5.41) is 0.147. The summed E-state index contributed by atoms with van der Waals surface area (Å²) in [5.41, 5.74) is -0.0525. The molecule has 92 valence electrons. The Balaban J connectivity index is 2.24. The van der Waals surface area contributed by atoms with Crippen LogP contribution in [0.15, 0.2) is 18.2 Å². The predicted molar refractivity (Wildman–Crippen MR) is 62.7 cm³/mol. The Bertz CT molecular complexity index is 418. The molecule has 0 aromatic heterocycles. The van der Waals surface area contributed by atoms with Crippen molar-refractivity contribution in [2.24, 2.45) is 0 Å². The van der Waals surface area contributed by atoms with Crippen molar-refractivity contribution in [3.05, 3.63) is 34.6 Å². The number of hydrogen-bond acceptors (Lipinski definition) is 2. The van der Waals surface area contributed by atoms with Crippen LogP contribution in [0.4, 0.5) is 4.39 Å². The molecule has 17 heavy (non-hydrogen) atoms. The molecule has 5 heteroatoms. The molecule has 3 nitrogen and oxygen atoms in total. The Morgan fingerprint density at radius 3 is 3.00 bits per heavy atom. The molecular formula is C12H13ClFNO2. The number of amides is 1. The van der Waals surface area contributed by atoms with E-state index in [4.69, 9.17) is 16.3 Å². The highest BCUT2D eigenvalue weighted by atomic mass is 35.5. The van der Waals surface area contributed by atoms with E-state index in [0.717, 1.165) is 0 Å². The van der Waals surface area contributed by atoms with E-state index in [1.165, 1.54) is 18.2 Å². The largest absolute Gasteiger partial charge is 0.375 e. The zero-order valence-electron chi connectivity index (χ0n) is 9.45. The van der Waals surface area contributed by atoms with Crippen LogP contribution in [-0.4, -0.2) is 36.6 Å². The molecule has 1 amide bonds. The molecule has 0 spiro atoms.